The second-order valence-electron chi connectivity index (χ2n) is 5.90. The van der Waals surface area contributed by atoms with E-state index < -0.39 is 22.5 Å². The summed E-state index contributed by atoms with van der Waals surface area (Å²) >= 11 is 0. The second kappa shape index (κ2) is 8.63. The topological polar surface area (TPSA) is 84.9 Å². The third-order valence-electron chi connectivity index (χ3n) is 4.04. The van der Waals surface area contributed by atoms with E-state index in [0.29, 0.717) is 18.9 Å². The molecule has 10 heteroatoms. The van der Waals surface area contributed by atoms with E-state index in [9.17, 15) is 22.0 Å². The monoisotopic (exact) mass is 412 g/mol. The van der Waals surface area contributed by atoms with E-state index in [2.05, 4.69) is 10.1 Å². The predicted octanol–water partition coefficient (Wildman–Crippen LogP) is 2.56. The number of halogens is 2. The van der Waals surface area contributed by atoms with Gasteiger partial charge in [-0.25, -0.2) is 8.42 Å². The lowest BCUT2D eigenvalue weighted by Crippen LogP contribution is -2.40. The first kappa shape index (κ1) is 20.2. The maximum absolute atomic E-state index is 12.7. The number of sulfonamides is 1. The van der Waals surface area contributed by atoms with Gasteiger partial charge in [-0.05, 0) is 42.5 Å². The van der Waals surface area contributed by atoms with Crippen molar-refractivity contribution in [2.75, 3.05) is 31.6 Å². The first-order valence-electron chi connectivity index (χ1n) is 8.40. The van der Waals surface area contributed by atoms with Crippen molar-refractivity contribution in [2.24, 2.45) is 0 Å². The van der Waals surface area contributed by atoms with E-state index in [1.165, 1.54) is 52.8 Å². The summed E-state index contributed by atoms with van der Waals surface area (Å²) in [5.41, 5.74) is 0.510. The van der Waals surface area contributed by atoms with Crippen molar-refractivity contribution in [3.63, 3.8) is 0 Å². The average Bonchev–Trinajstić information content (AvgIpc) is 2.70. The van der Waals surface area contributed by atoms with Crippen molar-refractivity contribution in [3.05, 3.63) is 54.1 Å². The Balaban J connectivity index is 1.73. The number of hydrogen-bond donors (Lipinski definition) is 1. The molecule has 1 aliphatic heterocycles. The van der Waals surface area contributed by atoms with Crippen LogP contribution in [0.1, 0.15) is 10.4 Å². The van der Waals surface area contributed by atoms with Crippen LogP contribution in [-0.4, -0.2) is 51.5 Å². The Kier molecular flexibility index (Phi) is 6.22. The van der Waals surface area contributed by atoms with E-state index in [0.717, 1.165) is 0 Å². The van der Waals surface area contributed by atoms with Crippen LogP contribution in [-0.2, 0) is 14.8 Å². The highest BCUT2D eigenvalue weighted by Crippen LogP contribution is 2.21. The van der Waals surface area contributed by atoms with E-state index in [-0.39, 0.29) is 29.3 Å². The number of nitrogens with zero attached hydrogens (tertiary/aromatic N) is 1. The van der Waals surface area contributed by atoms with Gasteiger partial charge >= 0.3 is 6.61 Å². The molecule has 7 nitrogen and oxygen atoms in total. The molecule has 1 fully saturated rings. The average molecular weight is 412 g/mol. The largest absolute Gasteiger partial charge is 0.435 e. The maximum atomic E-state index is 12.7. The molecule has 0 aromatic heterocycles. The number of hydrogen-bond acceptors (Lipinski definition) is 5. The van der Waals surface area contributed by atoms with E-state index in [1.54, 1.807) is 0 Å². The molecule has 1 saturated heterocycles. The van der Waals surface area contributed by atoms with Crippen LogP contribution in [0.4, 0.5) is 14.5 Å². The van der Waals surface area contributed by atoms with Crippen LogP contribution in [0.2, 0.25) is 0 Å². The second-order valence-corrected chi connectivity index (χ2v) is 7.84. The van der Waals surface area contributed by atoms with Gasteiger partial charge in [-0.2, -0.15) is 13.1 Å². The molecule has 0 spiro atoms. The highest BCUT2D eigenvalue weighted by molar-refractivity contribution is 7.89. The Morgan fingerprint density at radius 3 is 2.43 bits per heavy atom. The van der Waals surface area contributed by atoms with Crippen molar-refractivity contribution in [1.82, 2.24) is 4.31 Å². The van der Waals surface area contributed by atoms with Gasteiger partial charge in [-0.3, -0.25) is 4.79 Å². The Hall–Kier alpha value is -2.56. The van der Waals surface area contributed by atoms with Crippen LogP contribution in [0.25, 0.3) is 0 Å². The van der Waals surface area contributed by atoms with Crippen molar-refractivity contribution < 1.29 is 31.5 Å². The van der Waals surface area contributed by atoms with Gasteiger partial charge in [0.2, 0.25) is 10.0 Å². The third kappa shape index (κ3) is 4.83. The van der Waals surface area contributed by atoms with E-state index >= 15 is 0 Å². The fourth-order valence-electron chi connectivity index (χ4n) is 2.66. The number of ether oxygens (including phenoxy) is 2. The standard InChI is InChI=1S/C18H18F2N2O5S/c19-18(20)27-15-6-4-14(5-7-15)21-17(23)13-2-1-3-16(12-13)28(24,25)22-8-10-26-11-9-22/h1-7,12,18H,8-11H2,(H,21,23). The summed E-state index contributed by atoms with van der Waals surface area (Å²) in [6.45, 7) is -1.77. The molecule has 150 valence electrons. The Morgan fingerprint density at radius 1 is 1.11 bits per heavy atom. The number of alkyl halides is 2. The molecule has 1 N–H and O–H groups in total. The summed E-state index contributed by atoms with van der Waals surface area (Å²) in [6.07, 6.45) is 0. The zero-order chi connectivity index (χ0) is 20.1. The lowest BCUT2D eigenvalue weighted by Gasteiger charge is -2.26. The molecule has 0 bridgehead atoms. The van der Waals surface area contributed by atoms with Gasteiger partial charge in [0.15, 0.2) is 0 Å². The normalized spacial score (nSPS) is 15.4. The van der Waals surface area contributed by atoms with Crippen LogP contribution in [0, 0.1) is 0 Å². The zero-order valence-electron chi connectivity index (χ0n) is 14.7. The van der Waals surface area contributed by atoms with Gasteiger partial charge in [0.1, 0.15) is 5.75 Å². The first-order valence-corrected chi connectivity index (χ1v) is 9.84. The lowest BCUT2D eigenvalue weighted by molar-refractivity contribution is -0.0498. The van der Waals surface area contributed by atoms with Crippen LogP contribution in [0.3, 0.4) is 0 Å². The molecule has 0 unspecified atom stereocenters. The van der Waals surface area contributed by atoms with E-state index in [1.807, 2.05) is 0 Å². The van der Waals surface area contributed by atoms with Gasteiger partial charge < -0.3 is 14.8 Å². The highest BCUT2D eigenvalue weighted by Gasteiger charge is 2.26. The SMILES string of the molecule is O=C(Nc1ccc(OC(F)F)cc1)c1cccc(S(=O)(=O)N2CCOCC2)c1. The van der Waals surface area contributed by atoms with Gasteiger partial charge in [0.25, 0.3) is 5.91 Å². The van der Waals surface area contributed by atoms with Gasteiger partial charge in [-0.15, -0.1) is 0 Å². The summed E-state index contributed by atoms with van der Waals surface area (Å²) in [6, 6.07) is 11.1. The maximum Gasteiger partial charge on any atom is 0.387 e. The summed E-state index contributed by atoms with van der Waals surface area (Å²) in [5.74, 6) is -0.562. The molecular formula is C18H18F2N2O5S. The molecular weight excluding hydrogens is 394 g/mol. The Labute approximate surface area is 160 Å². The number of carbonyl (C=O) groups is 1. The highest BCUT2D eigenvalue weighted by atomic mass is 32.2. The summed E-state index contributed by atoms with van der Waals surface area (Å²) in [4.78, 5) is 12.5. The third-order valence-corrected chi connectivity index (χ3v) is 5.94. The zero-order valence-corrected chi connectivity index (χ0v) is 15.5. The Bertz CT molecular complexity index is 929. The smallest absolute Gasteiger partial charge is 0.387 e. The molecule has 1 heterocycles. The van der Waals surface area contributed by atoms with Crippen LogP contribution in [0.15, 0.2) is 53.4 Å². The molecule has 0 atom stereocenters. The molecule has 1 amide bonds. The summed E-state index contributed by atoms with van der Waals surface area (Å²) in [5, 5.41) is 2.59. The molecule has 1 aliphatic rings. The molecule has 0 aliphatic carbocycles. The Morgan fingerprint density at radius 2 is 1.79 bits per heavy atom. The van der Waals surface area contributed by atoms with Crippen molar-refractivity contribution in [1.29, 1.82) is 0 Å². The molecule has 0 radical (unpaired) electrons. The van der Waals surface area contributed by atoms with Gasteiger partial charge in [0.05, 0.1) is 18.1 Å². The minimum atomic E-state index is -3.72. The van der Waals surface area contributed by atoms with Gasteiger partial charge in [0, 0.05) is 24.3 Å². The number of morpholine rings is 1. The number of anilines is 1. The van der Waals surface area contributed by atoms with Crippen LogP contribution >= 0.6 is 0 Å². The predicted molar refractivity (Wildman–Crippen MR) is 97.0 cm³/mol. The van der Waals surface area contributed by atoms with Crippen LogP contribution in [0.5, 0.6) is 5.75 Å². The fraction of sp³-hybridized carbons (Fsp3) is 0.278. The van der Waals surface area contributed by atoms with E-state index in [4.69, 9.17) is 4.74 Å². The lowest BCUT2D eigenvalue weighted by atomic mass is 10.2. The number of benzene rings is 2. The number of rotatable bonds is 6. The molecule has 2 aromatic carbocycles. The number of carbonyl (C=O) groups excluding carboxylic acids is 1. The summed E-state index contributed by atoms with van der Waals surface area (Å²) < 4.78 is 60.5. The molecule has 0 saturated carbocycles. The molecule has 28 heavy (non-hydrogen) atoms. The number of amides is 1. The quantitative estimate of drug-likeness (QED) is 0.788. The van der Waals surface area contributed by atoms with Gasteiger partial charge in [-0.1, -0.05) is 6.07 Å². The minimum Gasteiger partial charge on any atom is -0.435 e. The number of nitrogens with one attached hydrogen (secondary N) is 1. The minimum absolute atomic E-state index is 0.0164. The van der Waals surface area contributed by atoms with Crippen LogP contribution < -0.4 is 10.1 Å². The molecule has 3 rings (SSSR count). The van der Waals surface area contributed by atoms with Crippen molar-refractivity contribution in [3.8, 4) is 5.75 Å². The fourth-order valence-corrected chi connectivity index (χ4v) is 4.11. The van der Waals surface area contributed by atoms with Crippen molar-refractivity contribution >= 4 is 21.6 Å². The summed E-state index contributed by atoms with van der Waals surface area (Å²) in [7, 11) is -3.72. The molecule has 2 aromatic rings. The van der Waals surface area contributed by atoms with Crippen molar-refractivity contribution in [2.45, 2.75) is 11.5 Å². The first-order chi connectivity index (χ1) is 13.4.